The van der Waals surface area contributed by atoms with Crippen molar-refractivity contribution in [2.75, 3.05) is 19.8 Å². The molecule has 0 bridgehead atoms. The van der Waals surface area contributed by atoms with Crippen molar-refractivity contribution < 1.29 is 9.53 Å². The molecule has 25 heavy (non-hydrogen) atoms. The van der Waals surface area contributed by atoms with Gasteiger partial charge in [-0.25, -0.2) is 0 Å². The summed E-state index contributed by atoms with van der Waals surface area (Å²) in [4.78, 5) is 12.6. The maximum absolute atomic E-state index is 12.6. The van der Waals surface area contributed by atoms with Crippen molar-refractivity contribution in [1.29, 1.82) is 0 Å². The molecular weight excluding hydrogens is 310 g/mol. The summed E-state index contributed by atoms with van der Waals surface area (Å²) < 4.78 is 5.68. The highest BCUT2D eigenvalue weighted by Crippen LogP contribution is 2.34. The molecule has 1 N–H and O–H groups in total. The van der Waals surface area contributed by atoms with Crippen molar-refractivity contribution in [2.45, 2.75) is 38.0 Å². The normalized spacial score (nSPS) is 20.7. The van der Waals surface area contributed by atoms with Crippen LogP contribution in [-0.2, 0) is 16.6 Å². The summed E-state index contributed by atoms with van der Waals surface area (Å²) in [7, 11) is 0. The van der Waals surface area contributed by atoms with E-state index >= 15 is 0 Å². The Balaban J connectivity index is 1.75. The van der Waals surface area contributed by atoms with Gasteiger partial charge in [0.2, 0.25) is 0 Å². The van der Waals surface area contributed by atoms with Crippen LogP contribution < -0.4 is 5.32 Å². The summed E-state index contributed by atoms with van der Waals surface area (Å²) in [6, 6.07) is 18.4. The fraction of sp³-hybridized carbons (Fsp3) is 0.409. The van der Waals surface area contributed by atoms with Crippen LogP contribution in [0.5, 0.6) is 0 Å². The first-order valence-electron chi connectivity index (χ1n) is 9.24. The Morgan fingerprint density at radius 2 is 1.80 bits per heavy atom. The summed E-state index contributed by atoms with van der Waals surface area (Å²) in [5.41, 5.74) is 3.22. The Labute approximate surface area is 150 Å². The van der Waals surface area contributed by atoms with Crippen LogP contribution in [-0.4, -0.2) is 25.7 Å². The molecule has 1 amide bonds. The molecule has 0 aromatic heterocycles. The monoisotopic (exact) mass is 337 g/mol. The number of hydrogen-bond acceptors (Lipinski definition) is 2. The summed E-state index contributed by atoms with van der Waals surface area (Å²) in [5, 5.41) is 3.18. The number of hydrogen-bond donors (Lipinski definition) is 1. The molecule has 132 valence electrons. The second-order valence-corrected chi connectivity index (χ2v) is 6.85. The molecular formula is C22H27NO2. The van der Waals surface area contributed by atoms with Gasteiger partial charge in [-0.3, -0.25) is 4.79 Å². The van der Waals surface area contributed by atoms with E-state index in [-0.39, 0.29) is 11.3 Å². The molecule has 3 nitrogen and oxygen atoms in total. The molecule has 0 aliphatic carbocycles. The summed E-state index contributed by atoms with van der Waals surface area (Å²) >= 11 is 0. The van der Waals surface area contributed by atoms with Gasteiger partial charge in [0.1, 0.15) is 0 Å². The Hall–Kier alpha value is -2.13. The van der Waals surface area contributed by atoms with Crippen molar-refractivity contribution in [1.82, 2.24) is 5.32 Å². The molecule has 2 aromatic carbocycles. The number of rotatable bonds is 5. The van der Waals surface area contributed by atoms with E-state index in [0.717, 1.165) is 44.5 Å². The van der Waals surface area contributed by atoms with E-state index in [1.165, 1.54) is 11.1 Å². The second-order valence-electron chi connectivity index (χ2n) is 6.85. The van der Waals surface area contributed by atoms with E-state index < -0.39 is 0 Å². The lowest BCUT2D eigenvalue weighted by Crippen LogP contribution is -2.41. The van der Waals surface area contributed by atoms with Gasteiger partial charge in [0.05, 0.1) is 0 Å². The van der Waals surface area contributed by atoms with E-state index in [2.05, 4.69) is 36.5 Å². The SMILES string of the molecule is CCc1ccc(C(=O)NC[C@]2(c3ccccc3)CCCOCC2)cc1. The predicted molar refractivity (Wildman–Crippen MR) is 101 cm³/mol. The fourth-order valence-electron chi connectivity index (χ4n) is 3.61. The predicted octanol–water partition coefficient (Wildman–Crippen LogP) is 4.12. The Morgan fingerprint density at radius 3 is 2.52 bits per heavy atom. The zero-order chi connectivity index (χ0) is 17.5. The zero-order valence-electron chi connectivity index (χ0n) is 15.0. The van der Waals surface area contributed by atoms with E-state index in [1.807, 2.05) is 30.3 Å². The molecule has 1 aliphatic rings. The van der Waals surface area contributed by atoms with Crippen molar-refractivity contribution in [3.63, 3.8) is 0 Å². The van der Waals surface area contributed by atoms with Crippen LogP contribution >= 0.6 is 0 Å². The average Bonchev–Trinajstić information content (AvgIpc) is 2.93. The smallest absolute Gasteiger partial charge is 0.251 e. The molecule has 1 aliphatic heterocycles. The molecule has 1 fully saturated rings. The maximum Gasteiger partial charge on any atom is 0.251 e. The molecule has 1 atom stereocenters. The lowest BCUT2D eigenvalue weighted by molar-refractivity contribution is 0.0937. The van der Waals surface area contributed by atoms with Crippen LogP contribution in [0.2, 0.25) is 0 Å². The zero-order valence-corrected chi connectivity index (χ0v) is 15.0. The summed E-state index contributed by atoms with van der Waals surface area (Å²) in [6.45, 7) is 4.32. The molecule has 0 radical (unpaired) electrons. The van der Waals surface area contributed by atoms with Crippen LogP contribution in [0.1, 0.15) is 47.7 Å². The highest BCUT2D eigenvalue weighted by atomic mass is 16.5. The molecule has 1 heterocycles. The number of ether oxygens (including phenoxy) is 1. The number of carbonyl (C=O) groups is 1. The minimum atomic E-state index is -0.0449. The maximum atomic E-state index is 12.6. The van der Waals surface area contributed by atoms with Crippen molar-refractivity contribution in [2.24, 2.45) is 0 Å². The molecule has 0 spiro atoms. The molecule has 3 heteroatoms. The second kappa shape index (κ2) is 8.30. The van der Waals surface area contributed by atoms with Gasteiger partial charge in [0, 0.05) is 30.7 Å². The van der Waals surface area contributed by atoms with E-state index in [1.54, 1.807) is 0 Å². The average molecular weight is 337 g/mol. The van der Waals surface area contributed by atoms with Crippen molar-refractivity contribution >= 4 is 5.91 Å². The Kier molecular flexibility index (Phi) is 5.87. The summed E-state index contributed by atoms with van der Waals surface area (Å²) in [5.74, 6) is 0.00289. The van der Waals surface area contributed by atoms with Crippen LogP contribution in [0.3, 0.4) is 0 Å². The minimum absolute atomic E-state index is 0.00289. The van der Waals surface area contributed by atoms with Crippen molar-refractivity contribution in [3.05, 3.63) is 71.3 Å². The van der Waals surface area contributed by atoms with E-state index in [4.69, 9.17) is 4.74 Å². The van der Waals surface area contributed by atoms with Crippen molar-refractivity contribution in [3.8, 4) is 0 Å². The first-order valence-corrected chi connectivity index (χ1v) is 9.24. The van der Waals surface area contributed by atoms with Gasteiger partial charge in [-0.05, 0) is 48.9 Å². The molecule has 0 saturated carbocycles. The molecule has 0 unspecified atom stereocenters. The first-order chi connectivity index (χ1) is 12.2. The third kappa shape index (κ3) is 4.29. The van der Waals surface area contributed by atoms with Gasteiger partial charge >= 0.3 is 0 Å². The third-order valence-electron chi connectivity index (χ3n) is 5.27. The van der Waals surface area contributed by atoms with Crippen LogP contribution in [0.4, 0.5) is 0 Å². The molecule has 3 rings (SSSR count). The van der Waals surface area contributed by atoms with Crippen LogP contribution in [0.25, 0.3) is 0 Å². The van der Waals surface area contributed by atoms with Crippen LogP contribution in [0.15, 0.2) is 54.6 Å². The quantitative estimate of drug-likeness (QED) is 0.891. The standard InChI is InChI=1S/C22H27NO2/c1-2-18-9-11-19(12-10-18)21(24)23-17-22(13-6-15-25-16-14-22)20-7-4-3-5-8-20/h3-5,7-12H,2,6,13-17H2,1H3,(H,23,24)/t22-/m0/s1. The fourth-order valence-corrected chi connectivity index (χ4v) is 3.61. The van der Waals surface area contributed by atoms with Gasteiger partial charge in [-0.15, -0.1) is 0 Å². The first kappa shape index (κ1) is 17.7. The van der Waals surface area contributed by atoms with Gasteiger partial charge in [0.25, 0.3) is 5.91 Å². The number of nitrogens with one attached hydrogen (secondary N) is 1. The van der Waals surface area contributed by atoms with Gasteiger partial charge in [0.15, 0.2) is 0 Å². The lowest BCUT2D eigenvalue weighted by Gasteiger charge is -2.33. The van der Waals surface area contributed by atoms with Gasteiger partial charge in [-0.1, -0.05) is 49.4 Å². The number of amides is 1. The van der Waals surface area contributed by atoms with Gasteiger partial charge < -0.3 is 10.1 Å². The highest BCUT2D eigenvalue weighted by molar-refractivity contribution is 5.94. The minimum Gasteiger partial charge on any atom is -0.381 e. The lowest BCUT2D eigenvalue weighted by atomic mass is 9.74. The largest absolute Gasteiger partial charge is 0.381 e. The van der Waals surface area contributed by atoms with E-state index in [0.29, 0.717) is 6.54 Å². The van der Waals surface area contributed by atoms with E-state index in [9.17, 15) is 4.79 Å². The number of aryl methyl sites for hydroxylation is 1. The Bertz CT molecular complexity index is 671. The Morgan fingerprint density at radius 1 is 1.04 bits per heavy atom. The van der Waals surface area contributed by atoms with Gasteiger partial charge in [-0.2, -0.15) is 0 Å². The molecule has 2 aromatic rings. The highest BCUT2D eigenvalue weighted by Gasteiger charge is 2.33. The van der Waals surface area contributed by atoms with Crippen LogP contribution in [0, 0.1) is 0 Å². The number of benzene rings is 2. The summed E-state index contributed by atoms with van der Waals surface area (Å²) in [6.07, 6.45) is 3.98. The number of carbonyl (C=O) groups excluding carboxylic acids is 1. The third-order valence-corrected chi connectivity index (χ3v) is 5.27. The molecule has 1 saturated heterocycles. The topological polar surface area (TPSA) is 38.3 Å².